The van der Waals surface area contributed by atoms with Crippen LogP contribution in [0.3, 0.4) is 0 Å². The van der Waals surface area contributed by atoms with Gasteiger partial charge in [0.25, 0.3) is 11.8 Å². The van der Waals surface area contributed by atoms with Crippen LogP contribution in [0.25, 0.3) is 0 Å². The van der Waals surface area contributed by atoms with Gasteiger partial charge in [0.15, 0.2) is 12.4 Å². The average Bonchev–Trinajstić information content (AvgIpc) is 2.83. The molecule has 0 fully saturated rings. The third-order valence-electron chi connectivity index (χ3n) is 4.85. The van der Waals surface area contributed by atoms with E-state index in [1.807, 2.05) is 24.3 Å². The summed E-state index contributed by atoms with van der Waals surface area (Å²) in [6.07, 6.45) is -0.136. The highest BCUT2D eigenvalue weighted by Gasteiger charge is 2.20. The summed E-state index contributed by atoms with van der Waals surface area (Å²) in [5, 5.41) is 5.46. The molecule has 3 aromatic carbocycles. The fourth-order valence-electron chi connectivity index (χ4n) is 3.13. The second-order valence-electron chi connectivity index (χ2n) is 7.35. The van der Waals surface area contributed by atoms with E-state index in [0.717, 1.165) is 5.56 Å². The maximum Gasteiger partial charge on any atom is 0.308 e. The molecule has 7 heteroatoms. The van der Waals surface area contributed by atoms with Crippen LogP contribution in [0.15, 0.2) is 84.9 Å². The molecule has 168 valence electrons. The van der Waals surface area contributed by atoms with Gasteiger partial charge in [-0.1, -0.05) is 48.5 Å². The zero-order chi connectivity index (χ0) is 23.6. The number of esters is 1. The summed E-state index contributed by atoms with van der Waals surface area (Å²) in [4.78, 5) is 48.5. The summed E-state index contributed by atoms with van der Waals surface area (Å²) >= 11 is 0. The summed E-state index contributed by atoms with van der Waals surface area (Å²) < 4.78 is 5.12. The Morgan fingerprint density at radius 3 is 2.00 bits per heavy atom. The minimum Gasteiger partial charge on any atom is -0.455 e. The number of Topliss-reactive ketones (excluding diaryl/α,β-unsaturated/α-hetero) is 1. The number of ether oxygens (including phenoxy) is 1. The van der Waals surface area contributed by atoms with Crippen LogP contribution >= 0.6 is 0 Å². The van der Waals surface area contributed by atoms with Gasteiger partial charge in [0, 0.05) is 16.8 Å². The third kappa shape index (κ3) is 7.14. The van der Waals surface area contributed by atoms with Crippen LogP contribution in [0.4, 0.5) is 5.69 Å². The molecule has 0 aliphatic rings. The molecule has 0 saturated heterocycles. The fraction of sp³-hybridized carbons (Fsp3) is 0.154. The molecule has 1 atom stereocenters. The van der Waals surface area contributed by atoms with Crippen molar-refractivity contribution >= 4 is 29.3 Å². The van der Waals surface area contributed by atoms with Crippen LogP contribution in [-0.2, 0) is 14.3 Å². The number of amides is 2. The van der Waals surface area contributed by atoms with Crippen molar-refractivity contribution in [3.8, 4) is 0 Å². The quantitative estimate of drug-likeness (QED) is 0.385. The van der Waals surface area contributed by atoms with Crippen LogP contribution in [0, 0.1) is 0 Å². The lowest BCUT2D eigenvalue weighted by molar-refractivity contribution is -0.147. The van der Waals surface area contributed by atoms with Gasteiger partial charge in [-0.2, -0.15) is 0 Å². The van der Waals surface area contributed by atoms with Crippen LogP contribution in [0.5, 0.6) is 0 Å². The molecule has 1 unspecified atom stereocenters. The van der Waals surface area contributed by atoms with E-state index in [0.29, 0.717) is 16.8 Å². The largest absolute Gasteiger partial charge is 0.455 e. The van der Waals surface area contributed by atoms with E-state index in [4.69, 9.17) is 4.74 Å². The minimum atomic E-state index is -0.626. The normalized spacial score (nSPS) is 11.2. The number of benzene rings is 3. The zero-order valence-corrected chi connectivity index (χ0v) is 18.1. The summed E-state index contributed by atoms with van der Waals surface area (Å²) in [6.45, 7) is 0.986. The first-order valence-corrected chi connectivity index (χ1v) is 10.4. The molecule has 0 aromatic heterocycles. The van der Waals surface area contributed by atoms with Gasteiger partial charge in [0.1, 0.15) is 0 Å². The number of hydrogen-bond donors (Lipinski definition) is 2. The average molecular weight is 444 g/mol. The summed E-state index contributed by atoms with van der Waals surface area (Å²) in [7, 11) is 0. The predicted molar refractivity (Wildman–Crippen MR) is 124 cm³/mol. The molecule has 0 bridgehead atoms. The molecule has 0 spiro atoms. The molecular formula is C26H24N2O5. The van der Waals surface area contributed by atoms with E-state index in [1.54, 1.807) is 60.7 Å². The minimum absolute atomic E-state index is 0.0749. The van der Waals surface area contributed by atoms with Crippen LogP contribution < -0.4 is 10.6 Å². The molecule has 7 nitrogen and oxygen atoms in total. The number of carbonyl (C=O) groups excluding carboxylic acids is 4. The van der Waals surface area contributed by atoms with Crippen molar-refractivity contribution in [2.45, 2.75) is 19.4 Å². The predicted octanol–water partition coefficient (Wildman–Crippen LogP) is 3.93. The zero-order valence-electron chi connectivity index (χ0n) is 18.1. The first kappa shape index (κ1) is 23.4. The van der Waals surface area contributed by atoms with Crippen LogP contribution in [0.1, 0.15) is 45.7 Å². The molecule has 0 saturated carbocycles. The van der Waals surface area contributed by atoms with Gasteiger partial charge < -0.3 is 15.4 Å². The molecule has 33 heavy (non-hydrogen) atoms. The van der Waals surface area contributed by atoms with Crippen molar-refractivity contribution in [1.29, 1.82) is 0 Å². The van der Waals surface area contributed by atoms with Crippen LogP contribution in [0.2, 0.25) is 0 Å². The summed E-state index contributed by atoms with van der Waals surface area (Å²) in [6, 6.07) is 23.5. The Labute approximate surface area is 191 Å². The molecule has 0 aliphatic carbocycles. The van der Waals surface area contributed by atoms with Gasteiger partial charge in [0.2, 0.25) is 0 Å². The van der Waals surface area contributed by atoms with Crippen molar-refractivity contribution in [2.24, 2.45) is 0 Å². The van der Waals surface area contributed by atoms with E-state index >= 15 is 0 Å². The highest BCUT2D eigenvalue weighted by molar-refractivity contribution is 5.96. The van der Waals surface area contributed by atoms with Crippen LogP contribution in [-0.4, -0.2) is 30.2 Å². The lowest BCUT2D eigenvalue weighted by Gasteiger charge is -2.19. The SMILES string of the molecule is CC(=O)c1ccc(NC(=O)COC(=O)CC(NC(=O)c2ccccc2)c2ccccc2)cc1. The third-order valence-corrected chi connectivity index (χ3v) is 4.85. The Hall–Kier alpha value is -4.26. The Morgan fingerprint density at radius 1 is 0.788 bits per heavy atom. The van der Waals surface area contributed by atoms with Crippen molar-refractivity contribution < 1.29 is 23.9 Å². The monoisotopic (exact) mass is 444 g/mol. The van der Waals surface area contributed by atoms with Crippen molar-refractivity contribution in [3.63, 3.8) is 0 Å². The van der Waals surface area contributed by atoms with Gasteiger partial charge in [-0.05, 0) is 48.9 Å². The lowest BCUT2D eigenvalue weighted by atomic mass is 10.0. The smallest absolute Gasteiger partial charge is 0.308 e. The first-order valence-electron chi connectivity index (χ1n) is 10.4. The van der Waals surface area contributed by atoms with Gasteiger partial charge in [-0.3, -0.25) is 19.2 Å². The number of nitrogens with one attached hydrogen (secondary N) is 2. The number of anilines is 1. The maximum absolute atomic E-state index is 12.6. The van der Waals surface area contributed by atoms with Gasteiger partial charge in [-0.15, -0.1) is 0 Å². The number of hydrogen-bond acceptors (Lipinski definition) is 5. The molecule has 3 rings (SSSR count). The van der Waals surface area contributed by atoms with E-state index in [-0.39, 0.29) is 18.1 Å². The van der Waals surface area contributed by atoms with Gasteiger partial charge in [-0.25, -0.2) is 0 Å². The maximum atomic E-state index is 12.6. The van der Waals surface area contributed by atoms with E-state index < -0.39 is 24.5 Å². The summed E-state index contributed by atoms with van der Waals surface area (Å²) in [5.74, 6) is -1.53. The summed E-state index contributed by atoms with van der Waals surface area (Å²) in [5.41, 5.74) is 2.23. The number of ketones is 1. The van der Waals surface area contributed by atoms with Crippen molar-refractivity contribution in [3.05, 3.63) is 102 Å². The first-order chi connectivity index (χ1) is 15.9. The standard InChI is InChI=1S/C26H24N2O5/c1-18(29)19-12-14-22(15-13-19)27-24(30)17-33-25(31)16-23(20-8-4-2-5-9-20)28-26(32)21-10-6-3-7-11-21/h2-15,23H,16-17H2,1H3,(H,27,30)(H,28,32). The molecular weight excluding hydrogens is 420 g/mol. The fourth-order valence-corrected chi connectivity index (χ4v) is 3.13. The molecule has 2 N–H and O–H groups in total. The lowest BCUT2D eigenvalue weighted by Crippen LogP contribution is -2.31. The van der Waals surface area contributed by atoms with Gasteiger partial charge >= 0.3 is 5.97 Å². The second-order valence-corrected chi connectivity index (χ2v) is 7.35. The molecule has 0 heterocycles. The van der Waals surface area contributed by atoms with Gasteiger partial charge in [0.05, 0.1) is 12.5 Å². The Bertz CT molecular complexity index is 1110. The second kappa shape index (κ2) is 11.4. The molecule has 0 radical (unpaired) electrons. The number of rotatable bonds is 9. The van der Waals surface area contributed by atoms with E-state index in [1.165, 1.54) is 6.92 Å². The van der Waals surface area contributed by atoms with E-state index in [2.05, 4.69) is 10.6 Å². The highest BCUT2D eigenvalue weighted by Crippen LogP contribution is 2.18. The Balaban J connectivity index is 1.57. The number of carbonyl (C=O) groups is 4. The van der Waals surface area contributed by atoms with Crippen molar-refractivity contribution in [1.82, 2.24) is 5.32 Å². The van der Waals surface area contributed by atoms with Crippen molar-refractivity contribution in [2.75, 3.05) is 11.9 Å². The van der Waals surface area contributed by atoms with E-state index in [9.17, 15) is 19.2 Å². The molecule has 2 amide bonds. The molecule has 0 aliphatic heterocycles. The Morgan fingerprint density at radius 2 is 1.39 bits per heavy atom. The topological polar surface area (TPSA) is 102 Å². The highest BCUT2D eigenvalue weighted by atomic mass is 16.5. The molecule has 3 aromatic rings. The Kier molecular flexibility index (Phi) is 8.07.